The average molecular weight is 401 g/mol. The molecule has 0 bridgehead atoms. The highest BCUT2D eigenvalue weighted by molar-refractivity contribution is 5.70. The van der Waals surface area contributed by atoms with Crippen LogP contribution >= 0.6 is 0 Å². The van der Waals surface area contributed by atoms with Crippen molar-refractivity contribution in [2.45, 2.75) is 32.1 Å². The van der Waals surface area contributed by atoms with E-state index in [1.54, 1.807) is 14.2 Å². The standard InChI is InChI=1S/C20H27N5O4/c1-28-16-8-7-15(13-17(16)29-2)9-10-21-19-18(25(26)27)20(23-14-22-19)24-11-5-3-4-6-12-24/h7-8,13-14H,3-6,9-12H2,1-2H3,(H,21,22,23). The van der Waals surface area contributed by atoms with Crippen LogP contribution in [0.4, 0.5) is 17.3 Å². The molecular weight excluding hydrogens is 374 g/mol. The first-order chi connectivity index (χ1) is 14.1. The SMILES string of the molecule is COc1ccc(CCNc2ncnc(N3CCCCCC3)c2[N+](=O)[O-])cc1OC. The molecule has 3 rings (SSSR count). The Morgan fingerprint density at radius 3 is 2.48 bits per heavy atom. The fourth-order valence-corrected chi connectivity index (χ4v) is 3.54. The van der Waals surface area contributed by atoms with E-state index in [0.717, 1.165) is 44.3 Å². The first-order valence-electron chi connectivity index (χ1n) is 9.83. The predicted octanol–water partition coefficient (Wildman–Crippen LogP) is 3.44. The number of nitro groups is 1. The molecule has 1 aliphatic heterocycles. The van der Waals surface area contributed by atoms with Gasteiger partial charge in [-0.05, 0) is 37.0 Å². The highest BCUT2D eigenvalue weighted by atomic mass is 16.6. The predicted molar refractivity (Wildman–Crippen MR) is 111 cm³/mol. The molecular formula is C20H27N5O4. The number of rotatable bonds is 8. The second kappa shape index (κ2) is 9.90. The zero-order valence-electron chi connectivity index (χ0n) is 16.9. The number of methoxy groups -OCH3 is 2. The maximum Gasteiger partial charge on any atom is 0.353 e. The van der Waals surface area contributed by atoms with Crippen LogP contribution in [0.5, 0.6) is 11.5 Å². The van der Waals surface area contributed by atoms with E-state index in [9.17, 15) is 10.1 Å². The summed E-state index contributed by atoms with van der Waals surface area (Å²) in [6.45, 7) is 2.05. The number of aromatic nitrogens is 2. The lowest BCUT2D eigenvalue weighted by molar-refractivity contribution is -0.383. The van der Waals surface area contributed by atoms with Crippen LogP contribution in [0.3, 0.4) is 0 Å². The molecule has 1 fully saturated rings. The zero-order valence-corrected chi connectivity index (χ0v) is 16.9. The van der Waals surface area contributed by atoms with Crippen LogP contribution in [0.2, 0.25) is 0 Å². The van der Waals surface area contributed by atoms with E-state index in [1.165, 1.54) is 6.33 Å². The third-order valence-corrected chi connectivity index (χ3v) is 5.05. The summed E-state index contributed by atoms with van der Waals surface area (Å²) in [7, 11) is 3.18. The van der Waals surface area contributed by atoms with Gasteiger partial charge in [-0.3, -0.25) is 10.1 Å². The maximum absolute atomic E-state index is 11.8. The van der Waals surface area contributed by atoms with Crippen LogP contribution in [0.25, 0.3) is 0 Å². The molecule has 1 saturated heterocycles. The van der Waals surface area contributed by atoms with Gasteiger partial charge in [-0.15, -0.1) is 0 Å². The van der Waals surface area contributed by atoms with E-state index < -0.39 is 0 Å². The largest absolute Gasteiger partial charge is 0.493 e. The Bertz CT molecular complexity index is 838. The molecule has 0 radical (unpaired) electrons. The molecule has 0 aliphatic carbocycles. The third kappa shape index (κ3) is 5.04. The Balaban J connectivity index is 1.73. The molecule has 2 aromatic rings. The van der Waals surface area contributed by atoms with Gasteiger partial charge in [-0.25, -0.2) is 9.97 Å². The summed E-state index contributed by atoms with van der Waals surface area (Å²) >= 11 is 0. The minimum Gasteiger partial charge on any atom is -0.493 e. The molecule has 1 aliphatic rings. The zero-order chi connectivity index (χ0) is 20.6. The molecule has 29 heavy (non-hydrogen) atoms. The number of nitrogens with one attached hydrogen (secondary N) is 1. The van der Waals surface area contributed by atoms with Gasteiger partial charge >= 0.3 is 5.69 Å². The topological polar surface area (TPSA) is 103 Å². The molecule has 156 valence electrons. The van der Waals surface area contributed by atoms with Crippen molar-refractivity contribution >= 4 is 17.3 Å². The van der Waals surface area contributed by atoms with Crippen molar-refractivity contribution in [3.05, 3.63) is 40.2 Å². The second-order valence-electron chi connectivity index (χ2n) is 6.92. The number of anilines is 2. The van der Waals surface area contributed by atoms with Crippen molar-refractivity contribution in [3.63, 3.8) is 0 Å². The van der Waals surface area contributed by atoms with Gasteiger partial charge in [-0.2, -0.15) is 0 Å². The Morgan fingerprint density at radius 2 is 1.83 bits per heavy atom. The van der Waals surface area contributed by atoms with E-state index >= 15 is 0 Å². The average Bonchev–Trinajstić information content (AvgIpc) is 3.02. The highest BCUT2D eigenvalue weighted by Gasteiger charge is 2.27. The van der Waals surface area contributed by atoms with Crippen molar-refractivity contribution < 1.29 is 14.4 Å². The third-order valence-electron chi connectivity index (χ3n) is 5.05. The summed E-state index contributed by atoms with van der Waals surface area (Å²) in [6.07, 6.45) is 6.37. The Kier molecular flexibility index (Phi) is 7.04. The summed E-state index contributed by atoms with van der Waals surface area (Å²) in [5, 5.41) is 14.9. The molecule has 1 aromatic carbocycles. The highest BCUT2D eigenvalue weighted by Crippen LogP contribution is 2.33. The van der Waals surface area contributed by atoms with Crippen molar-refractivity contribution in [2.75, 3.05) is 44.1 Å². The van der Waals surface area contributed by atoms with Gasteiger partial charge in [0.1, 0.15) is 6.33 Å². The van der Waals surface area contributed by atoms with Gasteiger partial charge in [0.2, 0.25) is 11.6 Å². The van der Waals surface area contributed by atoms with Crippen molar-refractivity contribution in [3.8, 4) is 11.5 Å². The quantitative estimate of drug-likeness (QED) is 0.530. The van der Waals surface area contributed by atoms with E-state index in [1.807, 2.05) is 23.1 Å². The van der Waals surface area contributed by atoms with Crippen LogP contribution in [-0.2, 0) is 6.42 Å². The maximum atomic E-state index is 11.8. The van der Waals surface area contributed by atoms with Crippen LogP contribution in [0.1, 0.15) is 31.2 Å². The van der Waals surface area contributed by atoms with Gasteiger partial charge in [0.05, 0.1) is 19.1 Å². The van der Waals surface area contributed by atoms with Crippen molar-refractivity contribution in [1.29, 1.82) is 0 Å². The van der Waals surface area contributed by atoms with Gasteiger partial charge in [0, 0.05) is 19.6 Å². The second-order valence-corrected chi connectivity index (χ2v) is 6.92. The van der Waals surface area contributed by atoms with Crippen LogP contribution in [0, 0.1) is 10.1 Å². The molecule has 2 heterocycles. The number of benzene rings is 1. The number of nitrogens with zero attached hydrogens (tertiary/aromatic N) is 4. The lowest BCUT2D eigenvalue weighted by atomic mass is 10.1. The summed E-state index contributed by atoms with van der Waals surface area (Å²) in [5.74, 6) is 1.98. The first-order valence-corrected chi connectivity index (χ1v) is 9.83. The van der Waals surface area contributed by atoms with E-state index in [2.05, 4.69) is 15.3 Å². The van der Waals surface area contributed by atoms with E-state index in [0.29, 0.717) is 30.3 Å². The van der Waals surface area contributed by atoms with Crippen LogP contribution in [0.15, 0.2) is 24.5 Å². The molecule has 1 aromatic heterocycles. The Morgan fingerprint density at radius 1 is 1.10 bits per heavy atom. The normalized spacial score (nSPS) is 14.2. The molecule has 9 heteroatoms. The minimum absolute atomic E-state index is 0.0540. The molecule has 0 spiro atoms. The van der Waals surface area contributed by atoms with Crippen molar-refractivity contribution in [1.82, 2.24) is 9.97 Å². The van der Waals surface area contributed by atoms with Gasteiger partial charge in [0.25, 0.3) is 0 Å². The Labute approximate surface area is 170 Å². The monoisotopic (exact) mass is 401 g/mol. The number of hydrogen-bond acceptors (Lipinski definition) is 8. The lowest BCUT2D eigenvalue weighted by Gasteiger charge is -2.21. The fourth-order valence-electron chi connectivity index (χ4n) is 3.54. The summed E-state index contributed by atoms with van der Waals surface area (Å²) < 4.78 is 10.6. The summed E-state index contributed by atoms with van der Waals surface area (Å²) in [6, 6.07) is 5.69. The van der Waals surface area contributed by atoms with Crippen molar-refractivity contribution in [2.24, 2.45) is 0 Å². The molecule has 1 N–H and O–H groups in total. The summed E-state index contributed by atoms with van der Waals surface area (Å²) in [4.78, 5) is 21.8. The number of ether oxygens (including phenoxy) is 2. The molecule has 0 saturated carbocycles. The van der Waals surface area contributed by atoms with Gasteiger partial charge in [-0.1, -0.05) is 18.9 Å². The van der Waals surface area contributed by atoms with E-state index in [4.69, 9.17) is 9.47 Å². The van der Waals surface area contributed by atoms with Gasteiger partial charge < -0.3 is 19.7 Å². The van der Waals surface area contributed by atoms with Gasteiger partial charge in [0.15, 0.2) is 11.5 Å². The fraction of sp³-hybridized carbons (Fsp3) is 0.500. The Hall–Kier alpha value is -3.10. The molecule has 9 nitrogen and oxygen atoms in total. The molecule has 0 amide bonds. The molecule has 0 unspecified atom stereocenters. The van der Waals surface area contributed by atoms with Crippen LogP contribution in [-0.4, -0.2) is 48.7 Å². The van der Waals surface area contributed by atoms with Crippen LogP contribution < -0.4 is 19.7 Å². The minimum atomic E-state index is -0.390. The number of hydrogen-bond donors (Lipinski definition) is 1. The lowest BCUT2D eigenvalue weighted by Crippen LogP contribution is -2.26. The summed E-state index contributed by atoms with van der Waals surface area (Å²) in [5.41, 5.74) is 0.973. The first kappa shape index (κ1) is 20.6. The van der Waals surface area contributed by atoms with E-state index in [-0.39, 0.29) is 16.4 Å². The smallest absolute Gasteiger partial charge is 0.353 e. The molecule has 0 atom stereocenters.